The van der Waals surface area contributed by atoms with E-state index in [9.17, 15) is 9.59 Å². The number of aromatic nitrogens is 3. The molecule has 0 atom stereocenters. The summed E-state index contributed by atoms with van der Waals surface area (Å²) in [5.41, 5.74) is -0.349. The van der Waals surface area contributed by atoms with Crippen LogP contribution in [0.4, 0.5) is 0 Å². The Kier molecular flexibility index (Phi) is 3.57. The monoisotopic (exact) mass is 279 g/mol. The number of nitrogens with zero attached hydrogens (tertiary/aromatic N) is 3. The van der Waals surface area contributed by atoms with Crippen molar-refractivity contribution in [2.24, 2.45) is 0 Å². The number of hydrogen-bond donors (Lipinski definition) is 1. The molecule has 0 aliphatic rings. The first-order valence-electron chi connectivity index (χ1n) is 5.65. The summed E-state index contributed by atoms with van der Waals surface area (Å²) in [4.78, 5) is 31.5. The molecule has 0 saturated carbocycles. The molecule has 1 N–H and O–H groups in total. The Morgan fingerprint density at radius 2 is 2.16 bits per heavy atom. The average Bonchev–Trinajstić information content (AvgIpc) is 2.37. The van der Waals surface area contributed by atoms with Gasteiger partial charge in [0, 0.05) is 18.4 Å². The van der Waals surface area contributed by atoms with E-state index in [0.717, 1.165) is 0 Å². The molecule has 2 rings (SSSR count). The molecule has 0 unspecified atom stereocenters. The number of pyridine rings is 1. The zero-order valence-electron chi connectivity index (χ0n) is 10.7. The van der Waals surface area contributed by atoms with Gasteiger partial charge in [-0.2, -0.15) is 0 Å². The largest absolute Gasteiger partial charge is 0.477 e. The Morgan fingerprint density at radius 3 is 2.68 bits per heavy atom. The topological polar surface area (TPSA) is 85.1 Å². The van der Waals surface area contributed by atoms with Gasteiger partial charge in [-0.3, -0.25) is 4.79 Å². The molecule has 0 aliphatic carbocycles. The van der Waals surface area contributed by atoms with Crippen molar-refractivity contribution in [2.75, 3.05) is 6.26 Å². The van der Waals surface area contributed by atoms with Crippen LogP contribution >= 0.6 is 11.8 Å². The fraction of sp³-hybridized carbons (Fsp3) is 0.333. The van der Waals surface area contributed by atoms with E-state index < -0.39 is 11.4 Å². The summed E-state index contributed by atoms with van der Waals surface area (Å²) in [6.45, 7) is 3.80. The van der Waals surface area contributed by atoms with Gasteiger partial charge in [0.15, 0.2) is 5.16 Å². The molecule has 0 amide bonds. The second-order valence-electron chi connectivity index (χ2n) is 4.27. The van der Waals surface area contributed by atoms with Crippen molar-refractivity contribution in [3.05, 3.63) is 28.2 Å². The average molecular weight is 279 g/mol. The van der Waals surface area contributed by atoms with E-state index in [4.69, 9.17) is 5.11 Å². The van der Waals surface area contributed by atoms with Crippen LogP contribution < -0.4 is 5.43 Å². The quantitative estimate of drug-likeness (QED) is 0.681. The van der Waals surface area contributed by atoms with Crippen LogP contribution in [0.2, 0.25) is 0 Å². The Balaban J connectivity index is 2.92. The molecule has 0 bridgehead atoms. The Bertz CT molecular complexity index is 709. The van der Waals surface area contributed by atoms with Crippen molar-refractivity contribution < 1.29 is 9.90 Å². The number of carboxylic acids is 1. The number of hydrogen-bond acceptors (Lipinski definition) is 5. The van der Waals surface area contributed by atoms with E-state index in [-0.39, 0.29) is 17.0 Å². The minimum atomic E-state index is -1.24. The summed E-state index contributed by atoms with van der Waals surface area (Å²) in [5.74, 6) is -1.24. The SMILES string of the molecule is CSc1ncc2c(=O)c(C(=O)O)cn(C(C)C)c2n1. The van der Waals surface area contributed by atoms with E-state index in [1.54, 1.807) is 4.57 Å². The van der Waals surface area contributed by atoms with Gasteiger partial charge in [0.25, 0.3) is 0 Å². The normalized spacial score (nSPS) is 11.2. The van der Waals surface area contributed by atoms with E-state index in [1.807, 2.05) is 20.1 Å². The molecule has 0 fully saturated rings. The maximum Gasteiger partial charge on any atom is 0.341 e. The molecular weight excluding hydrogens is 266 g/mol. The summed E-state index contributed by atoms with van der Waals surface area (Å²) in [6, 6.07) is -0.00851. The molecular formula is C12H13N3O3S. The number of carbonyl (C=O) groups is 1. The van der Waals surface area contributed by atoms with Gasteiger partial charge in [-0.15, -0.1) is 0 Å². The van der Waals surface area contributed by atoms with E-state index in [2.05, 4.69) is 9.97 Å². The summed E-state index contributed by atoms with van der Waals surface area (Å²) in [7, 11) is 0. The summed E-state index contributed by atoms with van der Waals surface area (Å²) < 4.78 is 1.68. The van der Waals surface area contributed by atoms with E-state index >= 15 is 0 Å². The highest BCUT2D eigenvalue weighted by Gasteiger charge is 2.17. The van der Waals surface area contributed by atoms with Gasteiger partial charge in [-0.05, 0) is 20.1 Å². The van der Waals surface area contributed by atoms with Crippen molar-refractivity contribution in [2.45, 2.75) is 25.0 Å². The highest BCUT2D eigenvalue weighted by Crippen LogP contribution is 2.17. The molecule has 0 aliphatic heterocycles. The van der Waals surface area contributed by atoms with Crippen LogP contribution in [-0.2, 0) is 0 Å². The van der Waals surface area contributed by atoms with Crippen molar-refractivity contribution in [3.63, 3.8) is 0 Å². The maximum absolute atomic E-state index is 12.1. The molecule has 100 valence electrons. The van der Waals surface area contributed by atoms with Gasteiger partial charge < -0.3 is 9.67 Å². The van der Waals surface area contributed by atoms with Crippen LogP contribution in [-0.4, -0.2) is 31.9 Å². The van der Waals surface area contributed by atoms with Gasteiger partial charge in [0.1, 0.15) is 11.2 Å². The van der Waals surface area contributed by atoms with Gasteiger partial charge >= 0.3 is 5.97 Å². The van der Waals surface area contributed by atoms with Crippen molar-refractivity contribution >= 4 is 28.8 Å². The Hall–Kier alpha value is -1.89. The molecule has 2 aromatic heterocycles. The molecule has 2 aromatic rings. The van der Waals surface area contributed by atoms with Crippen LogP contribution in [0.25, 0.3) is 11.0 Å². The Labute approximate surface area is 113 Å². The van der Waals surface area contributed by atoms with Gasteiger partial charge in [-0.25, -0.2) is 14.8 Å². The van der Waals surface area contributed by atoms with Crippen LogP contribution in [0.3, 0.4) is 0 Å². The maximum atomic E-state index is 12.1. The lowest BCUT2D eigenvalue weighted by Crippen LogP contribution is -2.20. The minimum Gasteiger partial charge on any atom is -0.477 e. The number of rotatable bonds is 3. The third kappa shape index (κ3) is 2.33. The van der Waals surface area contributed by atoms with Crippen molar-refractivity contribution in [1.82, 2.24) is 14.5 Å². The first-order chi connectivity index (χ1) is 8.95. The van der Waals surface area contributed by atoms with Gasteiger partial charge in [0.2, 0.25) is 5.43 Å². The van der Waals surface area contributed by atoms with Gasteiger partial charge in [-0.1, -0.05) is 11.8 Å². The van der Waals surface area contributed by atoms with Gasteiger partial charge in [0.05, 0.1) is 5.39 Å². The number of aromatic carboxylic acids is 1. The Morgan fingerprint density at radius 1 is 1.47 bits per heavy atom. The highest BCUT2D eigenvalue weighted by atomic mass is 32.2. The smallest absolute Gasteiger partial charge is 0.341 e. The molecule has 0 saturated heterocycles. The number of fused-ring (bicyclic) bond motifs is 1. The van der Waals surface area contributed by atoms with E-state index in [1.165, 1.54) is 24.2 Å². The predicted octanol–water partition coefficient (Wildman–Crippen LogP) is 1.79. The fourth-order valence-corrected chi connectivity index (χ4v) is 2.10. The second kappa shape index (κ2) is 5.00. The molecule has 19 heavy (non-hydrogen) atoms. The predicted molar refractivity (Wildman–Crippen MR) is 72.9 cm³/mol. The lowest BCUT2D eigenvalue weighted by Gasteiger charge is -2.14. The zero-order chi connectivity index (χ0) is 14.2. The zero-order valence-corrected chi connectivity index (χ0v) is 11.6. The number of thioether (sulfide) groups is 1. The molecule has 6 nitrogen and oxygen atoms in total. The number of carboxylic acid groups (broad SMARTS) is 1. The molecule has 0 aromatic carbocycles. The molecule has 2 heterocycles. The first kappa shape index (κ1) is 13.5. The summed E-state index contributed by atoms with van der Waals surface area (Å²) in [6.07, 6.45) is 4.57. The second-order valence-corrected chi connectivity index (χ2v) is 5.05. The third-order valence-corrected chi connectivity index (χ3v) is 3.28. The molecule has 0 spiro atoms. The molecule has 7 heteroatoms. The fourth-order valence-electron chi connectivity index (χ4n) is 1.76. The first-order valence-corrected chi connectivity index (χ1v) is 6.87. The lowest BCUT2D eigenvalue weighted by molar-refractivity contribution is 0.0694. The highest BCUT2D eigenvalue weighted by molar-refractivity contribution is 7.98. The minimum absolute atomic E-state index is 0.00851. The van der Waals surface area contributed by atoms with Crippen molar-refractivity contribution in [3.8, 4) is 0 Å². The van der Waals surface area contributed by atoms with Crippen LogP contribution in [0.1, 0.15) is 30.2 Å². The van der Waals surface area contributed by atoms with Crippen LogP contribution in [0.15, 0.2) is 22.3 Å². The molecule has 0 radical (unpaired) electrons. The van der Waals surface area contributed by atoms with Crippen LogP contribution in [0, 0.1) is 0 Å². The standard InChI is InChI=1S/C12H13N3O3S/c1-6(2)15-5-8(11(17)18)9(16)7-4-13-12(19-3)14-10(7)15/h4-6H,1-3H3,(H,17,18). The van der Waals surface area contributed by atoms with E-state index in [0.29, 0.717) is 10.8 Å². The van der Waals surface area contributed by atoms with Crippen molar-refractivity contribution in [1.29, 1.82) is 0 Å². The summed E-state index contributed by atoms with van der Waals surface area (Å²) >= 11 is 1.37. The third-order valence-electron chi connectivity index (χ3n) is 2.72. The lowest BCUT2D eigenvalue weighted by atomic mass is 10.2. The summed E-state index contributed by atoms with van der Waals surface area (Å²) in [5, 5.41) is 9.85. The van der Waals surface area contributed by atoms with Crippen LogP contribution in [0.5, 0.6) is 0 Å².